The Morgan fingerprint density at radius 3 is 2.69 bits per heavy atom. The van der Waals surface area contributed by atoms with Crippen LogP contribution in [0.5, 0.6) is 5.75 Å². The van der Waals surface area contributed by atoms with Crippen LogP contribution in [-0.2, 0) is 13.2 Å². The van der Waals surface area contributed by atoms with Gasteiger partial charge in [-0.1, -0.05) is 25.3 Å². The highest BCUT2D eigenvalue weighted by Gasteiger charge is 2.29. The Morgan fingerprint density at radius 2 is 2.00 bits per heavy atom. The average molecular weight is 437 g/mol. The summed E-state index contributed by atoms with van der Waals surface area (Å²) >= 11 is 0. The van der Waals surface area contributed by atoms with Gasteiger partial charge in [0.15, 0.2) is 11.6 Å². The Bertz CT molecular complexity index is 1040. The topological polar surface area (TPSA) is 80.5 Å². The normalized spacial score (nSPS) is 14.8. The molecule has 0 saturated heterocycles. The minimum Gasteiger partial charge on any atom is -0.496 e. The van der Waals surface area contributed by atoms with E-state index in [1.165, 1.54) is 19.3 Å². The van der Waals surface area contributed by atoms with E-state index in [4.69, 9.17) is 4.74 Å². The zero-order valence-electron chi connectivity index (χ0n) is 19.1. The van der Waals surface area contributed by atoms with Gasteiger partial charge in [0.2, 0.25) is 0 Å². The molecule has 0 bridgehead atoms. The van der Waals surface area contributed by atoms with Crippen molar-refractivity contribution in [2.45, 2.75) is 71.2 Å². The molecule has 7 heteroatoms. The standard InChI is InChI=1S/C25H32N4O3/c1-17(2)29(20-8-5-4-6-9-20)25(31)18-11-12-19(22(14-18)32-3)15-28-13-7-10-21-24(28)27-23(16-30)26-21/h7,10-14,17,20,30H,4-6,8-9,15-16H2,1-3H3. The van der Waals surface area contributed by atoms with E-state index in [9.17, 15) is 9.90 Å². The quantitative estimate of drug-likeness (QED) is 0.603. The first-order valence-electron chi connectivity index (χ1n) is 11.4. The summed E-state index contributed by atoms with van der Waals surface area (Å²) in [4.78, 5) is 24.3. The van der Waals surface area contributed by atoms with E-state index in [2.05, 4.69) is 28.7 Å². The molecular formula is C25H32N4O3. The monoisotopic (exact) mass is 436 g/mol. The van der Waals surface area contributed by atoms with Gasteiger partial charge in [-0.15, -0.1) is 0 Å². The van der Waals surface area contributed by atoms with E-state index in [1.807, 2.05) is 41.1 Å². The number of hydrogen-bond donors (Lipinski definition) is 1. The smallest absolute Gasteiger partial charge is 0.254 e. The molecule has 0 spiro atoms. The molecule has 2 heterocycles. The number of aliphatic hydroxyl groups excluding tert-OH is 1. The largest absolute Gasteiger partial charge is 0.496 e. The molecule has 1 N–H and O–H groups in total. The molecular weight excluding hydrogens is 404 g/mol. The molecule has 32 heavy (non-hydrogen) atoms. The first kappa shape index (κ1) is 22.3. The van der Waals surface area contributed by atoms with Crippen molar-refractivity contribution in [1.29, 1.82) is 0 Å². The number of hydrogen-bond acceptors (Lipinski definition) is 5. The number of methoxy groups -OCH3 is 1. The molecule has 7 nitrogen and oxygen atoms in total. The average Bonchev–Trinajstić information content (AvgIpc) is 3.24. The number of carbonyl (C=O) groups excluding carboxylic acids is 1. The van der Waals surface area contributed by atoms with Gasteiger partial charge in [-0.05, 0) is 51.0 Å². The number of ether oxygens (including phenoxy) is 1. The van der Waals surface area contributed by atoms with Crippen molar-refractivity contribution >= 4 is 5.91 Å². The van der Waals surface area contributed by atoms with Gasteiger partial charge in [0.25, 0.3) is 5.91 Å². The molecule has 0 unspecified atom stereocenters. The second-order valence-corrected chi connectivity index (χ2v) is 8.77. The highest BCUT2D eigenvalue weighted by Crippen LogP contribution is 2.29. The summed E-state index contributed by atoms with van der Waals surface area (Å²) in [5, 5.41) is 9.37. The first-order valence-corrected chi connectivity index (χ1v) is 11.4. The maximum absolute atomic E-state index is 13.5. The maximum atomic E-state index is 13.5. The second-order valence-electron chi connectivity index (χ2n) is 8.77. The van der Waals surface area contributed by atoms with Crippen molar-refractivity contribution in [3.8, 4) is 17.3 Å². The number of rotatable bonds is 7. The number of nitrogens with zero attached hydrogens (tertiary/aromatic N) is 4. The molecule has 0 radical (unpaired) electrons. The molecule has 1 aromatic rings. The van der Waals surface area contributed by atoms with E-state index in [1.54, 1.807) is 7.11 Å². The number of aromatic nitrogens is 3. The molecule has 0 atom stereocenters. The van der Waals surface area contributed by atoms with Crippen molar-refractivity contribution in [3.63, 3.8) is 0 Å². The number of imidazole rings is 1. The molecule has 1 fully saturated rings. The molecule has 170 valence electrons. The zero-order valence-corrected chi connectivity index (χ0v) is 19.1. The molecule has 1 aromatic carbocycles. The van der Waals surface area contributed by atoms with Crippen LogP contribution in [0.4, 0.5) is 0 Å². The fourth-order valence-corrected chi connectivity index (χ4v) is 4.75. The van der Waals surface area contributed by atoms with Gasteiger partial charge < -0.3 is 19.3 Å². The molecule has 1 saturated carbocycles. The van der Waals surface area contributed by atoms with Gasteiger partial charge in [0.1, 0.15) is 18.1 Å². The predicted octanol–water partition coefficient (Wildman–Crippen LogP) is 4.12. The molecule has 4 rings (SSSR count). The Balaban J connectivity index is 1.60. The Morgan fingerprint density at radius 1 is 1.22 bits per heavy atom. The van der Waals surface area contributed by atoms with Crippen molar-refractivity contribution in [1.82, 2.24) is 19.4 Å². The molecule has 3 aliphatic rings. The van der Waals surface area contributed by atoms with Crippen LogP contribution >= 0.6 is 0 Å². The number of benzene rings is 1. The van der Waals surface area contributed by atoms with Gasteiger partial charge in [0, 0.05) is 29.4 Å². The van der Waals surface area contributed by atoms with E-state index >= 15 is 0 Å². The summed E-state index contributed by atoms with van der Waals surface area (Å²) in [6.45, 7) is 4.52. The van der Waals surface area contributed by atoms with Crippen LogP contribution in [0.2, 0.25) is 0 Å². The van der Waals surface area contributed by atoms with E-state index in [0.29, 0.717) is 35.5 Å². The molecule has 2 aliphatic heterocycles. The van der Waals surface area contributed by atoms with Crippen molar-refractivity contribution in [2.24, 2.45) is 0 Å². The Labute approximate surface area is 189 Å². The van der Waals surface area contributed by atoms with Crippen LogP contribution in [0.15, 0.2) is 36.5 Å². The van der Waals surface area contributed by atoms with Gasteiger partial charge >= 0.3 is 0 Å². The van der Waals surface area contributed by atoms with Gasteiger partial charge in [-0.2, -0.15) is 0 Å². The van der Waals surface area contributed by atoms with Crippen molar-refractivity contribution in [2.75, 3.05) is 7.11 Å². The van der Waals surface area contributed by atoms with Crippen LogP contribution < -0.4 is 4.74 Å². The van der Waals surface area contributed by atoms with Gasteiger partial charge in [-0.3, -0.25) is 4.79 Å². The lowest BCUT2D eigenvalue weighted by atomic mass is 9.92. The SMILES string of the molecule is COc1cc(C(=O)N(C(C)C)C2CCCCC2)ccc1Cn1cccc2nc(CO)nc1-2. The lowest BCUT2D eigenvalue weighted by molar-refractivity contribution is 0.0555. The number of fused-ring (bicyclic) bond motifs is 1. The summed E-state index contributed by atoms with van der Waals surface area (Å²) in [6, 6.07) is 9.96. The lowest BCUT2D eigenvalue weighted by Crippen LogP contribution is -2.45. The number of carbonyl (C=O) groups is 1. The predicted molar refractivity (Wildman–Crippen MR) is 123 cm³/mol. The van der Waals surface area contributed by atoms with E-state index in [-0.39, 0.29) is 18.6 Å². The van der Waals surface area contributed by atoms with Gasteiger partial charge in [-0.25, -0.2) is 9.97 Å². The van der Waals surface area contributed by atoms with E-state index in [0.717, 1.165) is 24.1 Å². The molecule has 1 amide bonds. The number of pyridine rings is 1. The highest BCUT2D eigenvalue weighted by molar-refractivity contribution is 5.95. The van der Waals surface area contributed by atoms with Crippen LogP contribution in [0.25, 0.3) is 11.5 Å². The maximum Gasteiger partial charge on any atom is 0.254 e. The number of amides is 1. The van der Waals surface area contributed by atoms with Crippen LogP contribution in [0.3, 0.4) is 0 Å². The minimum absolute atomic E-state index is 0.0704. The van der Waals surface area contributed by atoms with Gasteiger partial charge in [0.05, 0.1) is 13.7 Å². The summed E-state index contributed by atoms with van der Waals surface area (Å²) < 4.78 is 7.65. The summed E-state index contributed by atoms with van der Waals surface area (Å²) in [5.74, 6) is 1.86. The zero-order chi connectivity index (χ0) is 22.7. The van der Waals surface area contributed by atoms with Crippen molar-refractivity contribution < 1.29 is 14.6 Å². The van der Waals surface area contributed by atoms with E-state index < -0.39 is 0 Å². The fraction of sp³-hybridized carbons (Fsp3) is 0.480. The summed E-state index contributed by atoms with van der Waals surface area (Å²) in [6.07, 6.45) is 7.73. The molecule has 0 aromatic heterocycles. The number of aliphatic hydroxyl groups is 1. The molecule has 1 aliphatic carbocycles. The third-order valence-electron chi connectivity index (χ3n) is 6.28. The summed E-state index contributed by atoms with van der Waals surface area (Å²) in [7, 11) is 1.63. The van der Waals surface area contributed by atoms with Crippen LogP contribution in [-0.4, -0.2) is 49.6 Å². The third kappa shape index (κ3) is 4.48. The summed E-state index contributed by atoms with van der Waals surface area (Å²) in [5.41, 5.74) is 2.34. The highest BCUT2D eigenvalue weighted by atomic mass is 16.5. The fourth-order valence-electron chi connectivity index (χ4n) is 4.75. The second kappa shape index (κ2) is 9.69. The van der Waals surface area contributed by atoms with Crippen LogP contribution in [0, 0.1) is 0 Å². The van der Waals surface area contributed by atoms with Crippen molar-refractivity contribution in [3.05, 3.63) is 53.5 Å². The third-order valence-corrected chi connectivity index (χ3v) is 6.28. The first-order chi connectivity index (χ1) is 15.5. The Hall–Kier alpha value is -2.93. The Kier molecular flexibility index (Phi) is 6.74. The lowest BCUT2D eigenvalue weighted by Gasteiger charge is -2.37. The van der Waals surface area contributed by atoms with Crippen LogP contribution in [0.1, 0.15) is 67.7 Å². The minimum atomic E-state index is -0.192.